The number of para-hydroxylation sites is 1. The molecular weight excluding hydrogens is 344 g/mol. The molecule has 3 rings (SSSR count). The van der Waals surface area contributed by atoms with E-state index in [4.69, 9.17) is 16.3 Å². The predicted molar refractivity (Wildman–Crippen MR) is 99.9 cm³/mol. The number of ether oxygens (including phenoxy) is 1. The summed E-state index contributed by atoms with van der Waals surface area (Å²) in [5, 5.41) is 1.97. The maximum atomic E-state index is 13.0. The third-order valence-electron chi connectivity index (χ3n) is 3.48. The van der Waals surface area contributed by atoms with E-state index in [0.29, 0.717) is 32.5 Å². The number of hydrogen-bond donors (Lipinski definition) is 0. The Bertz CT molecular complexity index is 953. The molecular formula is C18H17ClN2O2S. The highest BCUT2D eigenvalue weighted by Crippen LogP contribution is 2.29. The summed E-state index contributed by atoms with van der Waals surface area (Å²) in [4.78, 5) is 17.7. The zero-order valence-corrected chi connectivity index (χ0v) is 15.2. The highest BCUT2D eigenvalue weighted by molar-refractivity contribution is 7.99. The first-order valence-electron chi connectivity index (χ1n) is 7.53. The van der Waals surface area contributed by atoms with Crippen molar-refractivity contribution in [2.24, 2.45) is 0 Å². The molecule has 0 fully saturated rings. The fourth-order valence-corrected chi connectivity index (χ4v) is 3.54. The Kier molecular flexibility index (Phi) is 4.83. The van der Waals surface area contributed by atoms with Crippen LogP contribution in [0.2, 0.25) is 5.02 Å². The van der Waals surface area contributed by atoms with Crippen LogP contribution in [0.25, 0.3) is 16.6 Å². The largest absolute Gasteiger partial charge is 0.495 e. The quantitative estimate of drug-likeness (QED) is 0.505. The van der Waals surface area contributed by atoms with Crippen molar-refractivity contribution in [3.8, 4) is 11.4 Å². The fourth-order valence-electron chi connectivity index (χ4n) is 2.42. The van der Waals surface area contributed by atoms with Crippen LogP contribution in [-0.2, 0) is 0 Å². The molecule has 0 radical (unpaired) electrons. The molecule has 4 nitrogen and oxygen atoms in total. The molecule has 1 heterocycles. The van der Waals surface area contributed by atoms with Crippen molar-refractivity contribution < 1.29 is 4.74 Å². The second-order valence-electron chi connectivity index (χ2n) is 5.54. The summed E-state index contributed by atoms with van der Waals surface area (Å²) in [5.74, 6) is 0.570. The number of fused-ring (bicyclic) bond motifs is 1. The van der Waals surface area contributed by atoms with E-state index in [2.05, 4.69) is 18.8 Å². The highest BCUT2D eigenvalue weighted by Gasteiger charge is 2.15. The molecule has 0 spiro atoms. The summed E-state index contributed by atoms with van der Waals surface area (Å²) < 4.78 is 6.80. The normalized spacial score (nSPS) is 11.2. The van der Waals surface area contributed by atoms with E-state index in [1.165, 1.54) is 0 Å². The SMILES string of the molecule is COc1ccc(-n2c(SC(C)C)nc3ccccc3c2=O)cc1Cl. The number of rotatable bonds is 4. The molecule has 0 saturated carbocycles. The van der Waals surface area contributed by atoms with Crippen molar-refractivity contribution >= 4 is 34.3 Å². The molecule has 0 aliphatic heterocycles. The average Bonchev–Trinajstić information content (AvgIpc) is 2.54. The minimum atomic E-state index is -0.106. The lowest BCUT2D eigenvalue weighted by Gasteiger charge is -2.15. The van der Waals surface area contributed by atoms with Crippen LogP contribution in [0.4, 0.5) is 0 Å². The third-order valence-corrected chi connectivity index (χ3v) is 4.73. The molecule has 0 bridgehead atoms. The van der Waals surface area contributed by atoms with Crippen molar-refractivity contribution in [3.63, 3.8) is 0 Å². The zero-order chi connectivity index (χ0) is 17.3. The molecule has 0 saturated heterocycles. The van der Waals surface area contributed by atoms with Crippen molar-refractivity contribution in [1.29, 1.82) is 0 Å². The molecule has 124 valence electrons. The number of methoxy groups -OCH3 is 1. The zero-order valence-electron chi connectivity index (χ0n) is 13.6. The van der Waals surface area contributed by atoms with Crippen LogP contribution in [0.1, 0.15) is 13.8 Å². The standard InChI is InChI=1S/C18H17ClN2O2S/c1-11(2)24-18-20-15-7-5-4-6-13(15)17(22)21(18)12-8-9-16(23-3)14(19)10-12/h4-11H,1-3H3. The van der Waals surface area contributed by atoms with Crippen molar-refractivity contribution in [3.05, 3.63) is 57.8 Å². The summed E-state index contributed by atoms with van der Waals surface area (Å²) >= 11 is 7.78. The predicted octanol–water partition coefficient (Wildman–Crippen LogP) is 4.55. The van der Waals surface area contributed by atoms with E-state index in [-0.39, 0.29) is 10.8 Å². The van der Waals surface area contributed by atoms with Crippen molar-refractivity contribution in [2.45, 2.75) is 24.3 Å². The fraction of sp³-hybridized carbons (Fsp3) is 0.222. The molecule has 0 atom stereocenters. The first-order valence-corrected chi connectivity index (χ1v) is 8.79. The average molecular weight is 361 g/mol. The lowest BCUT2D eigenvalue weighted by atomic mass is 10.2. The summed E-state index contributed by atoms with van der Waals surface area (Å²) in [6.07, 6.45) is 0. The van der Waals surface area contributed by atoms with Crippen LogP contribution in [0, 0.1) is 0 Å². The van der Waals surface area contributed by atoms with Crippen molar-refractivity contribution in [1.82, 2.24) is 9.55 Å². The van der Waals surface area contributed by atoms with Gasteiger partial charge in [0.25, 0.3) is 5.56 Å². The molecule has 24 heavy (non-hydrogen) atoms. The van der Waals surface area contributed by atoms with E-state index in [9.17, 15) is 4.79 Å². The first kappa shape index (κ1) is 16.9. The van der Waals surface area contributed by atoms with Gasteiger partial charge in [-0.15, -0.1) is 0 Å². The second-order valence-corrected chi connectivity index (χ2v) is 7.49. The maximum Gasteiger partial charge on any atom is 0.266 e. The van der Waals surface area contributed by atoms with Gasteiger partial charge in [0, 0.05) is 5.25 Å². The molecule has 0 aliphatic carbocycles. The summed E-state index contributed by atoms with van der Waals surface area (Å²) in [6, 6.07) is 12.7. The van der Waals surface area contributed by atoms with Crippen molar-refractivity contribution in [2.75, 3.05) is 7.11 Å². The molecule has 0 unspecified atom stereocenters. The summed E-state index contributed by atoms with van der Waals surface area (Å²) in [7, 11) is 1.56. The van der Waals surface area contributed by atoms with E-state index in [1.54, 1.807) is 41.6 Å². The topological polar surface area (TPSA) is 44.1 Å². The lowest BCUT2D eigenvalue weighted by molar-refractivity contribution is 0.415. The Labute approximate surface area is 149 Å². The second kappa shape index (κ2) is 6.87. The van der Waals surface area contributed by atoms with Gasteiger partial charge in [-0.05, 0) is 30.3 Å². The van der Waals surface area contributed by atoms with Crippen LogP contribution in [0.3, 0.4) is 0 Å². The summed E-state index contributed by atoms with van der Waals surface area (Å²) in [5.41, 5.74) is 1.26. The van der Waals surface area contributed by atoms with E-state index < -0.39 is 0 Å². The molecule has 6 heteroatoms. The van der Waals surface area contributed by atoms with Gasteiger partial charge in [-0.3, -0.25) is 9.36 Å². The molecule has 0 aliphatic rings. The first-order chi connectivity index (χ1) is 11.5. The van der Waals surface area contributed by atoms with Crippen LogP contribution >= 0.6 is 23.4 Å². The van der Waals surface area contributed by atoms with Gasteiger partial charge < -0.3 is 4.74 Å². The van der Waals surface area contributed by atoms with Crippen LogP contribution < -0.4 is 10.3 Å². The Morgan fingerprint density at radius 3 is 2.62 bits per heavy atom. The molecule has 0 amide bonds. The Hall–Kier alpha value is -1.98. The molecule has 0 N–H and O–H groups in total. The van der Waals surface area contributed by atoms with Gasteiger partial charge >= 0.3 is 0 Å². The van der Waals surface area contributed by atoms with E-state index in [0.717, 1.165) is 0 Å². The van der Waals surface area contributed by atoms with Gasteiger partial charge in [0.1, 0.15) is 5.75 Å². The third kappa shape index (κ3) is 3.14. The molecule has 1 aromatic heterocycles. The van der Waals surface area contributed by atoms with Crippen LogP contribution in [0.15, 0.2) is 52.4 Å². The van der Waals surface area contributed by atoms with Gasteiger partial charge in [0.15, 0.2) is 5.16 Å². The number of thioether (sulfide) groups is 1. The van der Waals surface area contributed by atoms with Gasteiger partial charge in [0.2, 0.25) is 0 Å². The number of hydrogen-bond acceptors (Lipinski definition) is 4. The number of halogens is 1. The lowest BCUT2D eigenvalue weighted by Crippen LogP contribution is -2.22. The Morgan fingerprint density at radius 1 is 1.21 bits per heavy atom. The monoisotopic (exact) mass is 360 g/mol. The van der Waals surface area contributed by atoms with Gasteiger partial charge in [-0.1, -0.05) is 49.3 Å². The van der Waals surface area contributed by atoms with E-state index in [1.807, 2.05) is 24.3 Å². The Balaban J connectivity index is 2.30. The van der Waals surface area contributed by atoms with Gasteiger partial charge in [0.05, 0.1) is 28.7 Å². The number of aromatic nitrogens is 2. The van der Waals surface area contributed by atoms with Gasteiger partial charge in [-0.2, -0.15) is 0 Å². The summed E-state index contributed by atoms with van der Waals surface area (Å²) in [6.45, 7) is 4.13. The van der Waals surface area contributed by atoms with Gasteiger partial charge in [-0.25, -0.2) is 4.98 Å². The number of benzene rings is 2. The smallest absolute Gasteiger partial charge is 0.266 e. The molecule has 2 aromatic carbocycles. The Morgan fingerprint density at radius 2 is 1.96 bits per heavy atom. The van der Waals surface area contributed by atoms with E-state index >= 15 is 0 Å². The van der Waals surface area contributed by atoms with Crippen LogP contribution in [-0.4, -0.2) is 21.9 Å². The minimum absolute atomic E-state index is 0.106. The number of nitrogens with zero attached hydrogens (tertiary/aromatic N) is 2. The minimum Gasteiger partial charge on any atom is -0.495 e. The maximum absolute atomic E-state index is 13.0. The highest BCUT2D eigenvalue weighted by atomic mass is 35.5. The van der Waals surface area contributed by atoms with Crippen LogP contribution in [0.5, 0.6) is 5.75 Å². The molecule has 3 aromatic rings.